The number of thiophene rings is 1. The molecule has 0 bridgehead atoms. The molecule has 2 rings (SSSR count). The van der Waals surface area contributed by atoms with E-state index in [2.05, 4.69) is 6.07 Å². The van der Waals surface area contributed by atoms with Gasteiger partial charge in [0.15, 0.2) is 0 Å². The van der Waals surface area contributed by atoms with Crippen molar-refractivity contribution in [1.82, 2.24) is 0 Å². The molecule has 0 spiro atoms. The lowest BCUT2D eigenvalue weighted by Crippen LogP contribution is -2.26. The van der Waals surface area contributed by atoms with E-state index in [1.807, 2.05) is 45.0 Å². The highest BCUT2D eigenvalue weighted by molar-refractivity contribution is 7.19. The molecule has 0 unspecified atom stereocenters. The maximum atomic E-state index is 12.1. The first-order chi connectivity index (χ1) is 9.43. The molecule has 1 aromatic carbocycles. The first kappa shape index (κ1) is 15.0. The lowest BCUT2D eigenvalue weighted by molar-refractivity contribution is -0.148. The van der Waals surface area contributed by atoms with Gasteiger partial charge in [-0.3, -0.25) is 4.79 Å². The van der Waals surface area contributed by atoms with Gasteiger partial charge in [-0.1, -0.05) is 32.0 Å². The van der Waals surface area contributed by atoms with Gasteiger partial charge in [-0.05, 0) is 24.4 Å². The summed E-state index contributed by atoms with van der Waals surface area (Å²) < 4.78 is 6.50. The molecule has 0 saturated heterocycles. The van der Waals surface area contributed by atoms with Crippen molar-refractivity contribution in [3.63, 3.8) is 0 Å². The molecule has 0 amide bonds. The Labute approximate surface area is 123 Å². The van der Waals surface area contributed by atoms with Gasteiger partial charge < -0.3 is 9.84 Å². The summed E-state index contributed by atoms with van der Waals surface area (Å²) >= 11 is 1.62. The summed E-state index contributed by atoms with van der Waals surface area (Å²) in [6.07, 6.45) is 0. The van der Waals surface area contributed by atoms with Crippen molar-refractivity contribution in [3.8, 4) is 0 Å². The molecule has 0 aliphatic heterocycles. The maximum absolute atomic E-state index is 12.1. The Morgan fingerprint density at radius 1 is 1.40 bits per heavy atom. The SMILES string of the molecule is C[C@H](C(=O)OCC(C)(C)CO)c1cc2ccccc2s1. The number of carbonyl (C=O) groups is 1. The minimum atomic E-state index is -0.393. The molecule has 1 heterocycles. The molecule has 108 valence electrons. The van der Waals surface area contributed by atoms with Crippen LogP contribution in [0.1, 0.15) is 31.6 Å². The third-order valence-corrected chi connectivity index (χ3v) is 4.56. The first-order valence-corrected chi connectivity index (χ1v) is 7.50. The molecule has 20 heavy (non-hydrogen) atoms. The van der Waals surface area contributed by atoms with E-state index >= 15 is 0 Å². The average molecular weight is 292 g/mol. The van der Waals surface area contributed by atoms with Gasteiger partial charge in [0.1, 0.15) is 0 Å². The topological polar surface area (TPSA) is 46.5 Å². The summed E-state index contributed by atoms with van der Waals surface area (Å²) in [6.45, 7) is 5.82. The number of hydrogen-bond donors (Lipinski definition) is 1. The minimum Gasteiger partial charge on any atom is -0.465 e. The molecule has 0 fully saturated rings. The van der Waals surface area contributed by atoms with Gasteiger partial charge in [0.2, 0.25) is 0 Å². The van der Waals surface area contributed by atoms with E-state index in [0.29, 0.717) is 0 Å². The normalized spacial score (nSPS) is 13.4. The van der Waals surface area contributed by atoms with Crippen molar-refractivity contribution in [2.45, 2.75) is 26.7 Å². The number of hydrogen-bond acceptors (Lipinski definition) is 4. The third-order valence-electron chi connectivity index (χ3n) is 3.26. The Morgan fingerprint density at radius 3 is 2.75 bits per heavy atom. The highest BCUT2D eigenvalue weighted by Gasteiger charge is 2.23. The van der Waals surface area contributed by atoms with E-state index in [9.17, 15) is 4.79 Å². The van der Waals surface area contributed by atoms with Gasteiger partial charge in [0.25, 0.3) is 0 Å². The van der Waals surface area contributed by atoms with Crippen LogP contribution in [0.25, 0.3) is 10.1 Å². The lowest BCUT2D eigenvalue weighted by atomic mass is 9.96. The molecule has 1 atom stereocenters. The molecule has 2 aromatic rings. The van der Waals surface area contributed by atoms with Crippen LogP contribution in [-0.4, -0.2) is 24.3 Å². The van der Waals surface area contributed by atoms with Crippen molar-refractivity contribution in [1.29, 1.82) is 0 Å². The number of rotatable bonds is 5. The Kier molecular flexibility index (Phi) is 4.45. The minimum absolute atomic E-state index is 0.00243. The quantitative estimate of drug-likeness (QED) is 0.857. The first-order valence-electron chi connectivity index (χ1n) is 6.69. The van der Waals surface area contributed by atoms with Gasteiger partial charge in [-0.2, -0.15) is 0 Å². The monoisotopic (exact) mass is 292 g/mol. The zero-order valence-corrected chi connectivity index (χ0v) is 12.9. The van der Waals surface area contributed by atoms with Crippen LogP contribution in [0.3, 0.4) is 0 Å². The van der Waals surface area contributed by atoms with Crippen LogP contribution in [0.15, 0.2) is 30.3 Å². The van der Waals surface area contributed by atoms with Crippen molar-refractivity contribution >= 4 is 27.4 Å². The van der Waals surface area contributed by atoms with E-state index in [1.165, 1.54) is 4.70 Å². The molecule has 1 N–H and O–H groups in total. The van der Waals surface area contributed by atoms with E-state index < -0.39 is 5.41 Å². The van der Waals surface area contributed by atoms with E-state index in [0.717, 1.165) is 10.3 Å². The highest BCUT2D eigenvalue weighted by Crippen LogP contribution is 2.31. The smallest absolute Gasteiger partial charge is 0.313 e. The molecule has 0 aliphatic rings. The summed E-state index contributed by atoms with van der Waals surface area (Å²) in [7, 11) is 0. The van der Waals surface area contributed by atoms with Gasteiger partial charge in [0.05, 0.1) is 19.1 Å². The van der Waals surface area contributed by atoms with Crippen LogP contribution in [0.4, 0.5) is 0 Å². The second-order valence-electron chi connectivity index (χ2n) is 5.84. The summed E-state index contributed by atoms with van der Waals surface area (Å²) in [5.41, 5.74) is -0.393. The molecule has 0 saturated carbocycles. The molecule has 4 heteroatoms. The molecular formula is C16H20O3S. The summed E-state index contributed by atoms with van der Waals surface area (Å²) in [6, 6.07) is 10.1. The van der Waals surface area contributed by atoms with Crippen LogP contribution in [-0.2, 0) is 9.53 Å². The number of esters is 1. The second-order valence-corrected chi connectivity index (χ2v) is 6.95. The Morgan fingerprint density at radius 2 is 2.10 bits per heavy atom. The third kappa shape index (κ3) is 3.38. The number of fused-ring (bicyclic) bond motifs is 1. The maximum Gasteiger partial charge on any atom is 0.313 e. The van der Waals surface area contributed by atoms with Crippen molar-refractivity contribution in [2.24, 2.45) is 5.41 Å². The predicted octanol–water partition coefficient (Wildman–Crippen LogP) is 3.57. The van der Waals surface area contributed by atoms with Crippen LogP contribution in [0.2, 0.25) is 0 Å². The fourth-order valence-corrected chi connectivity index (χ4v) is 2.87. The van der Waals surface area contributed by atoms with Crippen LogP contribution < -0.4 is 0 Å². The second kappa shape index (κ2) is 5.94. The van der Waals surface area contributed by atoms with Crippen molar-refractivity contribution in [3.05, 3.63) is 35.2 Å². The Bertz CT molecular complexity index is 568. The number of aliphatic hydroxyl groups excluding tert-OH is 1. The number of carbonyl (C=O) groups excluding carboxylic acids is 1. The van der Waals surface area contributed by atoms with Crippen molar-refractivity contribution in [2.75, 3.05) is 13.2 Å². The van der Waals surface area contributed by atoms with E-state index in [-0.39, 0.29) is 25.1 Å². The summed E-state index contributed by atoms with van der Waals surface area (Å²) in [4.78, 5) is 13.1. The number of aliphatic hydroxyl groups is 1. The Hall–Kier alpha value is -1.39. The number of ether oxygens (including phenoxy) is 1. The largest absolute Gasteiger partial charge is 0.465 e. The molecule has 0 radical (unpaired) electrons. The van der Waals surface area contributed by atoms with Crippen molar-refractivity contribution < 1.29 is 14.6 Å². The van der Waals surface area contributed by atoms with Gasteiger partial charge in [-0.25, -0.2) is 0 Å². The fourth-order valence-electron chi connectivity index (χ4n) is 1.77. The van der Waals surface area contributed by atoms with Crippen LogP contribution in [0, 0.1) is 5.41 Å². The zero-order chi connectivity index (χ0) is 14.8. The van der Waals surface area contributed by atoms with E-state index in [1.54, 1.807) is 11.3 Å². The van der Waals surface area contributed by atoms with Crippen LogP contribution in [0.5, 0.6) is 0 Å². The van der Waals surface area contributed by atoms with Gasteiger partial charge >= 0.3 is 5.97 Å². The molecule has 0 aliphatic carbocycles. The highest BCUT2D eigenvalue weighted by atomic mass is 32.1. The molecule has 1 aromatic heterocycles. The standard InChI is InChI=1S/C16H20O3S/c1-11(15(18)19-10-16(2,3)9-17)14-8-12-6-4-5-7-13(12)20-14/h4-8,11,17H,9-10H2,1-3H3/t11-/m0/s1. The zero-order valence-electron chi connectivity index (χ0n) is 12.1. The van der Waals surface area contributed by atoms with Gasteiger partial charge in [-0.15, -0.1) is 11.3 Å². The Balaban J connectivity index is 2.06. The predicted molar refractivity (Wildman–Crippen MR) is 82.1 cm³/mol. The summed E-state index contributed by atoms with van der Waals surface area (Å²) in [5, 5.41) is 10.3. The average Bonchev–Trinajstić information content (AvgIpc) is 2.87. The molecule has 3 nitrogen and oxygen atoms in total. The lowest BCUT2D eigenvalue weighted by Gasteiger charge is -2.22. The summed E-state index contributed by atoms with van der Waals surface area (Å²) in [5.74, 6) is -0.514. The molecular weight excluding hydrogens is 272 g/mol. The van der Waals surface area contributed by atoms with Crippen LogP contribution >= 0.6 is 11.3 Å². The van der Waals surface area contributed by atoms with E-state index in [4.69, 9.17) is 9.84 Å². The van der Waals surface area contributed by atoms with Gasteiger partial charge in [0, 0.05) is 15.0 Å². The fraction of sp³-hybridized carbons (Fsp3) is 0.438. The number of benzene rings is 1.